The van der Waals surface area contributed by atoms with Gasteiger partial charge in [0.05, 0.1) is 5.56 Å². The molecular formula is C23H15BrN4O2. The van der Waals surface area contributed by atoms with Crippen molar-refractivity contribution in [2.45, 2.75) is 6.54 Å². The Balaban J connectivity index is 1.62. The summed E-state index contributed by atoms with van der Waals surface area (Å²) in [5.41, 5.74) is 2.66. The normalized spacial score (nSPS) is 11.1. The molecule has 6 nitrogen and oxygen atoms in total. The third-order valence-electron chi connectivity index (χ3n) is 4.80. The lowest BCUT2D eigenvalue weighted by molar-refractivity contribution is 0.488. The lowest BCUT2D eigenvalue weighted by Gasteiger charge is -2.10. The molecule has 5 aromatic rings. The second-order valence-corrected chi connectivity index (χ2v) is 7.57. The Morgan fingerprint density at radius 2 is 1.70 bits per heavy atom. The minimum absolute atomic E-state index is 0.129. The van der Waals surface area contributed by atoms with Crippen LogP contribution in [0.4, 0.5) is 0 Å². The third-order valence-corrected chi connectivity index (χ3v) is 5.49. The average molecular weight is 459 g/mol. The van der Waals surface area contributed by atoms with E-state index in [1.54, 1.807) is 10.8 Å². The second kappa shape index (κ2) is 7.68. The van der Waals surface area contributed by atoms with Crippen LogP contribution in [0.2, 0.25) is 0 Å². The molecule has 0 N–H and O–H groups in total. The number of nitrogens with zero attached hydrogens (tertiary/aromatic N) is 4. The molecule has 0 aliphatic carbocycles. The fourth-order valence-corrected chi connectivity index (χ4v) is 3.83. The van der Waals surface area contributed by atoms with Gasteiger partial charge in [0.25, 0.3) is 5.56 Å². The van der Waals surface area contributed by atoms with Gasteiger partial charge in [0.2, 0.25) is 11.8 Å². The minimum atomic E-state index is -0.159. The van der Waals surface area contributed by atoms with Gasteiger partial charge in [-0.25, -0.2) is 4.98 Å². The zero-order chi connectivity index (χ0) is 20.5. The maximum atomic E-state index is 13.3. The first kappa shape index (κ1) is 18.4. The van der Waals surface area contributed by atoms with Crippen molar-refractivity contribution in [3.63, 3.8) is 0 Å². The van der Waals surface area contributed by atoms with Gasteiger partial charge < -0.3 is 4.42 Å². The molecule has 7 heteroatoms. The number of fused-ring (bicyclic) bond motifs is 1. The number of rotatable bonds is 4. The van der Waals surface area contributed by atoms with Crippen LogP contribution in [0, 0.1) is 0 Å². The molecule has 0 aliphatic heterocycles. The van der Waals surface area contributed by atoms with Crippen LogP contribution in [0.5, 0.6) is 0 Å². The van der Waals surface area contributed by atoms with E-state index in [1.165, 1.54) is 0 Å². The van der Waals surface area contributed by atoms with Crippen molar-refractivity contribution in [1.82, 2.24) is 19.7 Å². The predicted octanol–water partition coefficient (Wildman–Crippen LogP) is 4.92. The molecule has 146 valence electrons. The summed E-state index contributed by atoms with van der Waals surface area (Å²) < 4.78 is 8.30. The summed E-state index contributed by atoms with van der Waals surface area (Å²) in [7, 11) is 0. The quantitative estimate of drug-likeness (QED) is 0.381. The maximum Gasteiger partial charge on any atom is 0.260 e. The summed E-state index contributed by atoms with van der Waals surface area (Å²) in [6, 6.07) is 22.8. The van der Waals surface area contributed by atoms with Gasteiger partial charge >= 0.3 is 0 Å². The molecule has 0 amide bonds. The molecule has 0 fully saturated rings. The molecule has 0 radical (unpaired) electrons. The van der Waals surface area contributed by atoms with Crippen molar-refractivity contribution < 1.29 is 4.42 Å². The molecular weight excluding hydrogens is 444 g/mol. The second-order valence-electron chi connectivity index (χ2n) is 6.71. The molecule has 0 spiro atoms. The van der Waals surface area contributed by atoms with Crippen LogP contribution in [0.1, 0.15) is 5.89 Å². The summed E-state index contributed by atoms with van der Waals surface area (Å²) in [5.74, 6) is 0.724. The standard InChI is InChI=1S/C23H15BrN4O2/c24-19-11-5-4-10-17(19)22-27-26-20(30-22)14-28-21-16(9-6-12-25-21)13-18(23(28)29)15-7-2-1-3-8-15/h1-13H,14H2. The van der Waals surface area contributed by atoms with E-state index in [-0.39, 0.29) is 12.1 Å². The van der Waals surface area contributed by atoms with Crippen molar-refractivity contribution in [1.29, 1.82) is 0 Å². The Bertz CT molecular complexity index is 1410. The number of benzene rings is 2. The first-order chi connectivity index (χ1) is 14.7. The number of halogens is 1. The van der Waals surface area contributed by atoms with E-state index >= 15 is 0 Å². The lowest BCUT2D eigenvalue weighted by Crippen LogP contribution is -2.23. The fraction of sp³-hybridized carbons (Fsp3) is 0.0435. The monoisotopic (exact) mass is 458 g/mol. The number of hydrogen-bond acceptors (Lipinski definition) is 5. The van der Waals surface area contributed by atoms with Gasteiger partial charge in [0, 0.05) is 21.6 Å². The van der Waals surface area contributed by atoms with Gasteiger partial charge in [-0.3, -0.25) is 9.36 Å². The first-order valence-electron chi connectivity index (χ1n) is 9.32. The van der Waals surface area contributed by atoms with E-state index in [0.717, 1.165) is 21.0 Å². The zero-order valence-corrected chi connectivity index (χ0v) is 17.3. The Labute approximate surface area is 180 Å². The zero-order valence-electron chi connectivity index (χ0n) is 15.7. The Morgan fingerprint density at radius 3 is 2.53 bits per heavy atom. The van der Waals surface area contributed by atoms with Crippen LogP contribution >= 0.6 is 15.9 Å². The largest absolute Gasteiger partial charge is 0.419 e. The molecule has 3 heterocycles. The summed E-state index contributed by atoms with van der Waals surface area (Å²) in [6.45, 7) is 0.129. The van der Waals surface area contributed by atoms with Crippen molar-refractivity contribution in [3.8, 4) is 22.6 Å². The highest BCUT2D eigenvalue weighted by Gasteiger charge is 2.16. The van der Waals surface area contributed by atoms with E-state index in [2.05, 4.69) is 31.1 Å². The predicted molar refractivity (Wildman–Crippen MR) is 118 cm³/mol. The van der Waals surface area contributed by atoms with Gasteiger partial charge in [-0.15, -0.1) is 10.2 Å². The average Bonchev–Trinajstić information content (AvgIpc) is 3.25. The molecule has 0 saturated carbocycles. The number of aromatic nitrogens is 4. The van der Waals surface area contributed by atoms with Crippen molar-refractivity contribution >= 4 is 27.0 Å². The SMILES string of the molecule is O=c1c(-c2ccccc2)cc2cccnc2n1Cc1nnc(-c2ccccc2Br)o1. The van der Waals surface area contributed by atoms with Crippen LogP contribution in [0.15, 0.2) is 92.7 Å². The van der Waals surface area contributed by atoms with E-state index < -0.39 is 0 Å². The summed E-state index contributed by atoms with van der Waals surface area (Å²) >= 11 is 3.50. The molecule has 0 saturated heterocycles. The highest BCUT2D eigenvalue weighted by molar-refractivity contribution is 9.10. The van der Waals surface area contributed by atoms with Crippen LogP contribution in [-0.2, 0) is 6.54 Å². The van der Waals surface area contributed by atoms with Crippen LogP contribution in [0.25, 0.3) is 33.6 Å². The minimum Gasteiger partial charge on any atom is -0.419 e. The van der Waals surface area contributed by atoms with E-state index in [0.29, 0.717) is 23.0 Å². The van der Waals surface area contributed by atoms with Crippen molar-refractivity contribution in [2.75, 3.05) is 0 Å². The summed E-state index contributed by atoms with van der Waals surface area (Å²) in [5, 5.41) is 9.17. The molecule has 0 atom stereocenters. The van der Waals surface area contributed by atoms with E-state index in [1.807, 2.05) is 72.8 Å². The molecule has 0 unspecified atom stereocenters. The van der Waals surface area contributed by atoms with Crippen molar-refractivity contribution in [2.24, 2.45) is 0 Å². The van der Waals surface area contributed by atoms with Gasteiger partial charge in [-0.05, 0) is 51.8 Å². The maximum absolute atomic E-state index is 13.3. The molecule has 5 rings (SSSR count). The summed E-state index contributed by atoms with van der Waals surface area (Å²) in [4.78, 5) is 17.8. The Hall–Kier alpha value is -3.58. The number of hydrogen-bond donors (Lipinski definition) is 0. The highest BCUT2D eigenvalue weighted by Crippen LogP contribution is 2.27. The molecule has 30 heavy (non-hydrogen) atoms. The molecule has 0 aliphatic rings. The lowest BCUT2D eigenvalue weighted by atomic mass is 10.1. The Morgan fingerprint density at radius 1 is 0.900 bits per heavy atom. The topological polar surface area (TPSA) is 73.8 Å². The van der Waals surface area contributed by atoms with Gasteiger partial charge in [0.1, 0.15) is 12.2 Å². The number of pyridine rings is 2. The van der Waals surface area contributed by atoms with Crippen LogP contribution in [0.3, 0.4) is 0 Å². The molecule has 2 aromatic carbocycles. The highest BCUT2D eigenvalue weighted by atomic mass is 79.9. The third kappa shape index (κ3) is 3.33. The molecule has 0 bridgehead atoms. The Kier molecular flexibility index (Phi) is 4.72. The van der Waals surface area contributed by atoms with Crippen LogP contribution < -0.4 is 5.56 Å². The van der Waals surface area contributed by atoms with E-state index in [4.69, 9.17) is 4.42 Å². The van der Waals surface area contributed by atoms with Gasteiger partial charge in [0.15, 0.2) is 0 Å². The van der Waals surface area contributed by atoms with Crippen LogP contribution in [-0.4, -0.2) is 19.7 Å². The van der Waals surface area contributed by atoms with Crippen molar-refractivity contribution in [3.05, 3.63) is 99.7 Å². The first-order valence-corrected chi connectivity index (χ1v) is 10.1. The van der Waals surface area contributed by atoms with Gasteiger partial charge in [-0.2, -0.15) is 0 Å². The van der Waals surface area contributed by atoms with E-state index in [9.17, 15) is 4.79 Å². The summed E-state index contributed by atoms with van der Waals surface area (Å²) in [6.07, 6.45) is 1.67. The fourth-order valence-electron chi connectivity index (χ4n) is 3.37. The smallest absolute Gasteiger partial charge is 0.260 e. The molecule has 3 aromatic heterocycles. The van der Waals surface area contributed by atoms with Gasteiger partial charge in [-0.1, -0.05) is 42.5 Å².